The van der Waals surface area contributed by atoms with Gasteiger partial charge in [-0.2, -0.15) is 0 Å². The number of aryl methyl sites for hydroxylation is 2. The molecule has 0 atom stereocenters. The van der Waals surface area contributed by atoms with Gasteiger partial charge in [0.1, 0.15) is 0 Å². The van der Waals surface area contributed by atoms with Crippen molar-refractivity contribution in [2.45, 2.75) is 26.2 Å². The average molecular weight is 531 g/mol. The molecule has 8 heteroatoms. The van der Waals surface area contributed by atoms with Crippen LogP contribution in [0.4, 0.5) is 0 Å². The van der Waals surface area contributed by atoms with E-state index in [9.17, 15) is 9.59 Å². The molecule has 2 heterocycles. The zero-order valence-electron chi connectivity index (χ0n) is 20.1. The number of carbonyl (C=O) groups is 2. The fraction of sp³-hybridized carbons (Fsp3) is 0.138. The standard InChI is InChI=1S/C29H24Cl2N4O2/c1-17-9-13-25-22(15-17)20(28(33-25)26-14-10-18-5-2-3-7-24(18)32-26)6-4-8-27(36)34-35-29(37)21-12-11-19(30)16-23(21)31/h2-3,5,7,9-16,33H,4,6,8H2,1H3,(H,34,36)(H,35,37). The molecule has 3 aromatic carbocycles. The Hall–Kier alpha value is -3.87. The van der Waals surface area contributed by atoms with Crippen molar-refractivity contribution in [1.82, 2.24) is 20.8 Å². The third kappa shape index (κ3) is 5.45. The first kappa shape index (κ1) is 24.8. The lowest BCUT2D eigenvalue weighted by Crippen LogP contribution is -2.41. The summed E-state index contributed by atoms with van der Waals surface area (Å²) in [5.41, 5.74) is 11.2. The van der Waals surface area contributed by atoms with Crippen molar-refractivity contribution in [3.05, 3.63) is 99.5 Å². The molecule has 37 heavy (non-hydrogen) atoms. The Balaban J connectivity index is 1.30. The highest BCUT2D eigenvalue weighted by atomic mass is 35.5. The van der Waals surface area contributed by atoms with Crippen LogP contribution < -0.4 is 10.9 Å². The number of halogens is 2. The van der Waals surface area contributed by atoms with Gasteiger partial charge in [-0.1, -0.05) is 59.1 Å². The Morgan fingerprint density at radius 2 is 1.78 bits per heavy atom. The molecule has 0 radical (unpaired) electrons. The van der Waals surface area contributed by atoms with Gasteiger partial charge < -0.3 is 4.98 Å². The van der Waals surface area contributed by atoms with E-state index < -0.39 is 5.91 Å². The molecule has 0 bridgehead atoms. The van der Waals surface area contributed by atoms with Gasteiger partial charge in [-0.15, -0.1) is 0 Å². The number of pyridine rings is 1. The maximum Gasteiger partial charge on any atom is 0.271 e. The van der Waals surface area contributed by atoms with Crippen molar-refractivity contribution in [3.63, 3.8) is 0 Å². The summed E-state index contributed by atoms with van der Waals surface area (Å²) in [7, 11) is 0. The van der Waals surface area contributed by atoms with E-state index in [-0.39, 0.29) is 22.9 Å². The molecule has 0 fully saturated rings. The highest BCUT2D eigenvalue weighted by Gasteiger charge is 2.16. The molecule has 5 rings (SSSR count). The summed E-state index contributed by atoms with van der Waals surface area (Å²) in [6.07, 6.45) is 1.49. The number of benzene rings is 3. The predicted molar refractivity (Wildman–Crippen MR) is 149 cm³/mol. The van der Waals surface area contributed by atoms with Gasteiger partial charge in [-0.05, 0) is 67.8 Å². The van der Waals surface area contributed by atoms with Gasteiger partial charge in [0.05, 0.1) is 27.5 Å². The maximum absolute atomic E-state index is 12.5. The molecule has 0 aliphatic heterocycles. The molecule has 0 spiro atoms. The predicted octanol–water partition coefficient (Wildman–Crippen LogP) is 6.78. The molecule has 0 saturated carbocycles. The van der Waals surface area contributed by atoms with Crippen LogP contribution in [0.3, 0.4) is 0 Å². The van der Waals surface area contributed by atoms with Crippen molar-refractivity contribution in [3.8, 4) is 11.4 Å². The smallest absolute Gasteiger partial charge is 0.271 e. The van der Waals surface area contributed by atoms with E-state index in [2.05, 4.69) is 47.0 Å². The minimum absolute atomic E-state index is 0.212. The molecule has 2 aromatic heterocycles. The summed E-state index contributed by atoms with van der Waals surface area (Å²) in [5, 5.41) is 2.84. The lowest BCUT2D eigenvalue weighted by molar-refractivity contribution is -0.121. The lowest BCUT2D eigenvalue weighted by Gasteiger charge is -2.09. The molecule has 0 aliphatic rings. The molecule has 0 saturated heterocycles. The molecule has 186 valence electrons. The molecule has 3 N–H and O–H groups in total. The molecular formula is C29H24Cl2N4O2. The van der Waals surface area contributed by atoms with E-state index in [4.69, 9.17) is 28.2 Å². The second-order valence-corrected chi connectivity index (χ2v) is 9.74. The Morgan fingerprint density at radius 1 is 0.946 bits per heavy atom. The highest BCUT2D eigenvalue weighted by molar-refractivity contribution is 6.36. The van der Waals surface area contributed by atoms with Crippen LogP contribution >= 0.6 is 23.2 Å². The molecule has 6 nitrogen and oxygen atoms in total. The van der Waals surface area contributed by atoms with Crippen LogP contribution in [0, 0.1) is 6.92 Å². The van der Waals surface area contributed by atoms with Crippen molar-refractivity contribution < 1.29 is 9.59 Å². The van der Waals surface area contributed by atoms with E-state index in [1.165, 1.54) is 12.1 Å². The Morgan fingerprint density at radius 3 is 2.62 bits per heavy atom. The Labute approximate surface area is 224 Å². The SMILES string of the molecule is Cc1ccc2[nH]c(-c3ccc4ccccc4n3)c(CCCC(=O)NNC(=O)c3ccc(Cl)cc3Cl)c2c1. The normalized spacial score (nSPS) is 11.1. The van der Waals surface area contributed by atoms with E-state index in [0.717, 1.165) is 44.3 Å². The van der Waals surface area contributed by atoms with E-state index in [1.54, 1.807) is 6.07 Å². The van der Waals surface area contributed by atoms with Gasteiger partial charge in [0.2, 0.25) is 5.91 Å². The monoisotopic (exact) mass is 530 g/mol. The van der Waals surface area contributed by atoms with Gasteiger partial charge in [-0.3, -0.25) is 20.4 Å². The molecule has 5 aromatic rings. The summed E-state index contributed by atoms with van der Waals surface area (Å²) in [4.78, 5) is 33.2. The number of hydrazine groups is 1. The zero-order valence-corrected chi connectivity index (χ0v) is 21.6. The minimum atomic E-state index is -0.508. The fourth-order valence-electron chi connectivity index (χ4n) is 4.40. The fourth-order valence-corrected chi connectivity index (χ4v) is 4.90. The number of H-pyrrole nitrogens is 1. The summed E-state index contributed by atoms with van der Waals surface area (Å²) >= 11 is 11.9. The van der Waals surface area contributed by atoms with Gasteiger partial charge in [0.15, 0.2) is 0 Å². The van der Waals surface area contributed by atoms with Crippen LogP contribution in [0.25, 0.3) is 33.2 Å². The summed E-state index contributed by atoms with van der Waals surface area (Å²) in [6.45, 7) is 2.06. The summed E-state index contributed by atoms with van der Waals surface area (Å²) < 4.78 is 0. The van der Waals surface area contributed by atoms with Crippen LogP contribution in [0.15, 0.2) is 72.8 Å². The van der Waals surface area contributed by atoms with Gasteiger partial charge in [0, 0.05) is 27.7 Å². The number of nitrogens with zero attached hydrogens (tertiary/aromatic N) is 1. The number of carbonyl (C=O) groups excluding carboxylic acids is 2. The number of rotatable bonds is 6. The Kier molecular flexibility index (Phi) is 7.12. The number of aromatic amines is 1. The minimum Gasteiger partial charge on any atom is -0.353 e. The number of fused-ring (bicyclic) bond motifs is 2. The van der Waals surface area contributed by atoms with Crippen molar-refractivity contribution in [2.75, 3.05) is 0 Å². The van der Waals surface area contributed by atoms with Crippen LogP contribution in [0.1, 0.15) is 34.3 Å². The van der Waals surface area contributed by atoms with Crippen LogP contribution in [0.2, 0.25) is 10.0 Å². The number of hydrogen-bond donors (Lipinski definition) is 3. The number of nitrogens with one attached hydrogen (secondary N) is 3. The first-order chi connectivity index (χ1) is 17.9. The Bertz CT molecular complexity index is 1640. The lowest BCUT2D eigenvalue weighted by atomic mass is 10.0. The second-order valence-electron chi connectivity index (χ2n) is 8.90. The molecule has 0 aliphatic carbocycles. The average Bonchev–Trinajstić information content (AvgIpc) is 3.24. The molecule has 0 unspecified atom stereocenters. The van der Waals surface area contributed by atoms with E-state index in [1.807, 2.05) is 30.3 Å². The highest BCUT2D eigenvalue weighted by Crippen LogP contribution is 2.32. The van der Waals surface area contributed by atoms with E-state index >= 15 is 0 Å². The topological polar surface area (TPSA) is 86.9 Å². The third-order valence-electron chi connectivity index (χ3n) is 6.24. The summed E-state index contributed by atoms with van der Waals surface area (Å²) in [5.74, 6) is -0.799. The zero-order chi connectivity index (χ0) is 25.9. The number of para-hydroxylation sites is 1. The van der Waals surface area contributed by atoms with E-state index in [0.29, 0.717) is 17.9 Å². The van der Waals surface area contributed by atoms with Crippen molar-refractivity contribution >= 4 is 56.8 Å². The van der Waals surface area contributed by atoms with Gasteiger partial charge in [-0.25, -0.2) is 4.98 Å². The largest absolute Gasteiger partial charge is 0.353 e. The van der Waals surface area contributed by atoms with Crippen LogP contribution in [-0.2, 0) is 11.2 Å². The maximum atomic E-state index is 12.5. The van der Waals surface area contributed by atoms with Crippen LogP contribution in [-0.4, -0.2) is 21.8 Å². The molecular weight excluding hydrogens is 507 g/mol. The second kappa shape index (κ2) is 10.6. The summed E-state index contributed by atoms with van der Waals surface area (Å²) in [6, 6.07) is 23.0. The van der Waals surface area contributed by atoms with Gasteiger partial charge >= 0.3 is 0 Å². The number of amides is 2. The van der Waals surface area contributed by atoms with Crippen molar-refractivity contribution in [1.29, 1.82) is 0 Å². The quantitative estimate of drug-likeness (QED) is 0.211. The van der Waals surface area contributed by atoms with Gasteiger partial charge in [0.25, 0.3) is 5.91 Å². The third-order valence-corrected chi connectivity index (χ3v) is 6.79. The number of aromatic nitrogens is 2. The van der Waals surface area contributed by atoms with Crippen molar-refractivity contribution in [2.24, 2.45) is 0 Å². The van der Waals surface area contributed by atoms with Crippen LogP contribution in [0.5, 0.6) is 0 Å². The first-order valence-electron chi connectivity index (χ1n) is 11.9. The number of hydrogen-bond acceptors (Lipinski definition) is 3. The first-order valence-corrected chi connectivity index (χ1v) is 12.7. The molecule has 2 amide bonds.